The molecular formula is C7H10N2O. The summed E-state index contributed by atoms with van der Waals surface area (Å²) in [5, 5.41) is 8.67. The highest BCUT2D eigenvalue weighted by atomic mass is 16.5. The molecule has 2 heterocycles. The van der Waals surface area contributed by atoms with Crippen molar-refractivity contribution >= 4 is 0 Å². The number of likely N-dealkylation sites (tertiary alicyclic amines) is 1. The fraction of sp³-hybridized carbons (Fsp3) is 0.857. The van der Waals surface area contributed by atoms with Crippen molar-refractivity contribution in [3.05, 3.63) is 0 Å². The summed E-state index contributed by atoms with van der Waals surface area (Å²) < 4.78 is 5.39. The SMILES string of the molecule is CC12COC(CN1C#N)C2. The largest absolute Gasteiger partial charge is 0.374 e. The van der Waals surface area contributed by atoms with Crippen molar-refractivity contribution in [3.63, 3.8) is 0 Å². The van der Waals surface area contributed by atoms with Gasteiger partial charge in [0.05, 0.1) is 24.8 Å². The van der Waals surface area contributed by atoms with Gasteiger partial charge >= 0.3 is 0 Å². The van der Waals surface area contributed by atoms with Gasteiger partial charge in [-0.15, -0.1) is 0 Å². The summed E-state index contributed by atoms with van der Waals surface area (Å²) in [7, 11) is 0. The number of fused-ring (bicyclic) bond motifs is 2. The van der Waals surface area contributed by atoms with Crippen LogP contribution in [-0.4, -0.2) is 29.7 Å². The van der Waals surface area contributed by atoms with Crippen molar-refractivity contribution in [2.45, 2.75) is 25.0 Å². The van der Waals surface area contributed by atoms with Crippen LogP contribution >= 0.6 is 0 Å². The van der Waals surface area contributed by atoms with Crippen LogP contribution < -0.4 is 0 Å². The van der Waals surface area contributed by atoms with E-state index in [-0.39, 0.29) is 5.54 Å². The molecule has 2 aliphatic heterocycles. The third-order valence-electron chi connectivity index (χ3n) is 2.46. The Morgan fingerprint density at radius 2 is 2.60 bits per heavy atom. The average molecular weight is 138 g/mol. The number of rotatable bonds is 0. The van der Waals surface area contributed by atoms with E-state index in [4.69, 9.17) is 10.00 Å². The van der Waals surface area contributed by atoms with Crippen molar-refractivity contribution in [3.8, 4) is 6.19 Å². The molecule has 54 valence electrons. The number of nitriles is 1. The monoisotopic (exact) mass is 138 g/mol. The fourth-order valence-corrected chi connectivity index (χ4v) is 1.80. The van der Waals surface area contributed by atoms with E-state index in [1.807, 2.05) is 4.90 Å². The zero-order valence-corrected chi connectivity index (χ0v) is 6.00. The number of ether oxygens (including phenoxy) is 1. The smallest absolute Gasteiger partial charge is 0.180 e. The van der Waals surface area contributed by atoms with Gasteiger partial charge in [0.1, 0.15) is 0 Å². The normalized spacial score (nSPS) is 44.0. The van der Waals surface area contributed by atoms with Gasteiger partial charge in [-0.3, -0.25) is 4.90 Å². The molecule has 0 aromatic rings. The minimum absolute atomic E-state index is 0.0272. The molecule has 0 N–H and O–H groups in total. The molecule has 2 rings (SSSR count). The summed E-state index contributed by atoms with van der Waals surface area (Å²) in [5.74, 6) is 0. The zero-order chi connectivity index (χ0) is 7.19. The van der Waals surface area contributed by atoms with Crippen molar-refractivity contribution in [2.75, 3.05) is 13.2 Å². The van der Waals surface area contributed by atoms with Gasteiger partial charge in [0.25, 0.3) is 0 Å². The van der Waals surface area contributed by atoms with Crippen molar-refractivity contribution in [1.82, 2.24) is 4.90 Å². The van der Waals surface area contributed by atoms with E-state index in [0.717, 1.165) is 19.6 Å². The van der Waals surface area contributed by atoms with Crippen molar-refractivity contribution in [2.24, 2.45) is 0 Å². The van der Waals surface area contributed by atoms with E-state index in [2.05, 4.69) is 13.1 Å². The first kappa shape index (κ1) is 5.99. The maximum Gasteiger partial charge on any atom is 0.180 e. The Hall–Kier alpha value is -0.750. The van der Waals surface area contributed by atoms with Crippen LogP contribution in [0.15, 0.2) is 0 Å². The summed E-state index contributed by atoms with van der Waals surface area (Å²) in [6, 6.07) is 0. The highest BCUT2D eigenvalue weighted by Crippen LogP contribution is 2.36. The third kappa shape index (κ3) is 0.572. The van der Waals surface area contributed by atoms with Crippen molar-refractivity contribution in [1.29, 1.82) is 5.26 Å². The Balaban J connectivity index is 2.24. The Kier molecular flexibility index (Phi) is 0.984. The van der Waals surface area contributed by atoms with E-state index in [1.165, 1.54) is 0 Å². The second-order valence-corrected chi connectivity index (χ2v) is 3.34. The molecule has 0 spiro atoms. The minimum atomic E-state index is 0.0272. The van der Waals surface area contributed by atoms with Crippen LogP contribution in [0.2, 0.25) is 0 Å². The molecule has 0 saturated carbocycles. The van der Waals surface area contributed by atoms with Gasteiger partial charge in [0.2, 0.25) is 0 Å². The van der Waals surface area contributed by atoms with Gasteiger partial charge in [-0.1, -0.05) is 0 Å². The van der Waals surface area contributed by atoms with Gasteiger partial charge in [0, 0.05) is 6.42 Å². The zero-order valence-electron chi connectivity index (χ0n) is 6.00. The molecule has 10 heavy (non-hydrogen) atoms. The van der Waals surface area contributed by atoms with Crippen LogP contribution in [0.1, 0.15) is 13.3 Å². The molecule has 3 heteroatoms. The fourth-order valence-electron chi connectivity index (χ4n) is 1.80. The summed E-state index contributed by atoms with van der Waals surface area (Å²) in [6.07, 6.45) is 3.54. The Morgan fingerprint density at radius 3 is 2.90 bits per heavy atom. The minimum Gasteiger partial charge on any atom is -0.374 e. The predicted molar refractivity (Wildman–Crippen MR) is 35.1 cm³/mol. The predicted octanol–water partition coefficient (Wildman–Crippen LogP) is 0.331. The van der Waals surface area contributed by atoms with Gasteiger partial charge in [-0.25, -0.2) is 0 Å². The number of hydrogen-bond acceptors (Lipinski definition) is 3. The lowest BCUT2D eigenvalue weighted by Crippen LogP contribution is -2.42. The summed E-state index contributed by atoms with van der Waals surface area (Å²) >= 11 is 0. The van der Waals surface area contributed by atoms with Crippen LogP contribution in [0.25, 0.3) is 0 Å². The van der Waals surface area contributed by atoms with E-state index in [9.17, 15) is 0 Å². The number of nitrogens with zero attached hydrogens (tertiary/aromatic N) is 2. The standard InChI is InChI=1S/C7H10N2O/c1-7-2-6(10-4-7)3-9(7)5-8/h6H,2-4H2,1H3. The highest BCUT2D eigenvalue weighted by Gasteiger charge is 2.48. The van der Waals surface area contributed by atoms with Crippen molar-refractivity contribution < 1.29 is 4.74 Å². The molecule has 2 aliphatic rings. The van der Waals surface area contributed by atoms with Gasteiger partial charge in [0.15, 0.2) is 6.19 Å². The summed E-state index contributed by atoms with van der Waals surface area (Å²) in [5.41, 5.74) is 0.0272. The molecule has 2 bridgehead atoms. The molecule has 2 saturated heterocycles. The maximum atomic E-state index is 8.67. The lowest BCUT2D eigenvalue weighted by Gasteiger charge is -2.29. The van der Waals surface area contributed by atoms with Gasteiger partial charge < -0.3 is 4.74 Å². The molecule has 2 fully saturated rings. The Labute approximate surface area is 60.2 Å². The van der Waals surface area contributed by atoms with E-state index in [1.54, 1.807) is 0 Å². The summed E-state index contributed by atoms with van der Waals surface area (Å²) in [4.78, 5) is 1.83. The lowest BCUT2D eigenvalue weighted by atomic mass is 10.0. The first-order chi connectivity index (χ1) is 4.74. The molecule has 2 atom stereocenters. The quantitative estimate of drug-likeness (QED) is 0.452. The molecule has 0 radical (unpaired) electrons. The van der Waals surface area contributed by atoms with Crippen LogP contribution in [0.4, 0.5) is 0 Å². The molecule has 0 amide bonds. The van der Waals surface area contributed by atoms with Crippen LogP contribution in [0.3, 0.4) is 0 Å². The van der Waals surface area contributed by atoms with E-state index in [0.29, 0.717) is 6.10 Å². The van der Waals surface area contributed by atoms with Crippen LogP contribution in [0.5, 0.6) is 0 Å². The van der Waals surface area contributed by atoms with E-state index < -0.39 is 0 Å². The lowest BCUT2D eigenvalue weighted by molar-refractivity contribution is 0.0244. The maximum absolute atomic E-state index is 8.67. The number of hydrogen-bond donors (Lipinski definition) is 0. The first-order valence-electron chi connectivity index (χ1n) is 3.54. The molecule has 0 aliphatic carbocycles. The molecular weight excluding hydrogens is 128 g/mol. The summed E-state index contributed by atoms with van der Waals surface area (Å²) in [6.45, 7) is 3.61. The first-order valence-corrected chi connectivity index (χ1v) is 3.54. The van der Waals surface area contributed by atoms with E-state index >= 15 is 0 Å². The molecule has 3 nitrogen and oxygen atoms in total. The van der Waals surface area contributed by atoms with Gasteiger partial charge in [-0.2, -0.15) is 5.26 Å². The molecule has 0 aromatic heterocycles. The topological polar surface area (TPSA) is 36.3 Å². The molecule has 2 unspecified atom stereocenters. The second-order valence-electron chi connectivity index (χ2n) is 3.34. The third-order valence-corrected chi connectivity index (χ3v) is 2.46. The Morgan fingerprint density at radius 1 is 1.80 bits per heavy atom. The van der Waals surface area contributed by atoms with Crippen LogP contribution in [0, 0.1) is 11.5 Å². The number of morpholine rings is 1. The molecule has 0 aromatic carbocycles. The second kappa shape index (κ2) is 1.64. The van der Waals surface area contributed by atoms with Crippen LogP contribution in [-0.2, 0) is 4.74 Å². The average Bonchev–Trinajstić information content (AvgIpc) is 2.41. The van der Waals surface area contributed by atoms with Gasteiger partial charge in [-0.05, 0) is 6.92 Å². The Bertz CT molecular complexity index is 198. The highest BCUT2D eigenvalue weighted by molar-refractivity contribution is 5.06.